The van der Waals surface area contributed by atoms with Gasteiger partial charge in [0.2, 0.25) is 0 Å². The molecule has 2 aromatic rings. The van der Waals surface area contributed by atoms with Gasteiger partial charge in [0, 0.05) is 7.11 Å². The molecule has 2 heterocycles. The Balaban J connectivity index is 2.40. The van der Waals surface area contributed by atoms with Crippen LogP contribution in [0.15, 0.2) is 18.2 Å². The summed E-state index contributed by atoms with van der Waals surface area (Å²) in [4.78, 5) is 0. The van der Waals surface area contributed by atoms with Crippen LogP contribution >= 0.6 is 12.2 Å². The summed E-state index contributed by atoms with van der Waals surface area (Å²) in [5, 5.41) is 11.1. The second-order valence-corrected chi connectivity index (χ2v) is 3.84. The highest BCUT2D eigenvalue weighted by Crippen LogP contribution is 2.07. The predicted molar refractivity (Wildman–Crippen MR) is 62.0 cm³/mol. The molecule has 0 aliphatic rings. The molecule has 0 saturated carbocycles. The second-order valence-electron chi connectivity index (χ2n) is 3.42. The van der Waals surface area contributed by atoms with E-state index in [0.717, 1.165) is 11.4 Å². The van der Waals surface area contributed by atoms with Gasteiger partial charge in [0.1, 0.15) is 4.64 Å². The first-order valence-corrected chi connectivity index (χ1v) is 5.22. The van der Waals surface area contributed by atoms with Gasteiger partial charge in [-0.15, -0.1) is 5.10 Å². The van der Waals surface area contributed by atoms with Crippen molar-refractivity contribution in [2.45, 2.75) is 13.5 Å². The number of aromatic nitrogens is 4. The third-order valence-corrected chi connectivity index (χ3v) is 2.39. The number of hydrogen-bond donors (Lipinski definition) is 1. The lowest BCUT2D eigenvalue weighted by atomic mass is 10.4. The van der Waals surface area contributed by atoms with E-state index in [1.807, 2.05) is 25.1 Å². The van der Waals surface area contributed by atoms with Crippen molar-refractivity contribution in [3.8, 4) is 5.82 Å². The van der Waals surface area contributed by atoms with E-state index in [0.29, 0.717) is 17.1 Å². The van der Waals surface area contributed by atoms with Crippen molar-refractivity contribution in [2.75, 3.05) is 7.11 Å². The Morgan fingerprint density at radius 2 is 2.25 bits per heavy atom. The number of ether oxygens (including phenoxy) is 1. The van der Waals surface area contributed by atoms with E-state index < -0.39 is 0 Å². The predicted octanol–water partition coefficient (Wildman–Crippen LogP) is 1.78. The molecule has 2 aromatic heterocycles. The van der Waals surface area contributed by atoms with Crippen molar-refractivity contribution in [3.63, 3.8) is 0 Å². The van der Waals surface area contributed by atoms with Gasteiger partial charge in [-0.05, 0) is 25.1 Å². The zero-order valence-corrected chi connectivity index (χ0v) is 9.91. The number of nitrogens with one attached hydrogen (secondary N) is 1. The summed E-state index contributed by atoms with van der Waals surface area (Å²) in [5.74, 6) is 0.679. The zero-order chi connectivity index (χ0) is 11.5. The van der Waals surface area contributed by atoms with Gasteiger partial charge in [-0.2, -0.15) is 5.10 Å². The highest BCUT2D eigenvalue weighted by atomic mass is 32.1. The molecule has 0 amide bonds. The molecule has 5 nitrogen and oxygen atoms in total. The van der Waals surface area contributed by atoms with Crippen LogP contribution in [0.1, 0.15) is 11.4 Å². The number of methoxy groups -OCH3 is 1. The molecule has 0 unspecified atom stereocenters. The first-order chi connectivity index (χ1) is 7.70. The average Bonchev–Trinajstić information content (AvgIpc) is 2.61. The van der Waals surface area contributed by atoms with Crippen LogP contribution < -0.4 is 0 Å². The van der Waals surface area contributed by atoms with Gasteiger partial charge in [-0.25, -0.2) is 4.68 Å². The molecule has 0 spiro atoms. The quantitative estimate of drug-likeness (QED) is 0.825. The lowest BCUT2D eigenvalue weighted by Crippen LogP contribution is -2.02. The first kappa shape index (κ1) is 11.0. The van der Waals surface area contributed by atoms with Gasteiger partial charge in [0.05, 0.1) is 18.0 Å². The SMILES string of the molecule is COCc1cc(=S)n(-c2ccc(C)nn2)[nH]1. The van der Waals surface area contributed by atoms with Gasteiger partial charge in [-0.3, -0.25) is 5.10 Å². The molecule has 2 rings (SSSR count). The summed E-state index contributed by atoms with van der Waals surface area (Å²) in [6.45, 7) is 2.39. The molecule has 84 valence electrons. The van der Waals surface area contributed by atoms with Gasteiger partial charge in [0.25, 0.3) is 0 Å². The third kappa shape index (κ3) is 2.17. The monoisotopic (exact) mass is 236 g/mol. The van der Waals surface area contributed by atoms with Gasteiger partial charge in [0.15, 0.2) is 5.82 Å². The lowest BCUT2D eigenvalue weighted by molar-refractivity contribution is 0.181. The van der Waals surface area contributed by atoms with Crippen LogP contribution in [0.3, 0.4) is 0 Å². The Hall–Kier alpha value is -1.53. The van der Waals surface area contributed by atoms with E-state index in [1.165, 1.54) is 0 Å². The largest absolute Gasteiger partial charge is 0.378 e. The molecule has 0 fully saturated rings. The summed E-state index contributed by atoms with van der Waals surface area (Å²) in [6.07, 6.45) is 0. The molecule has 0 radical (unpaired) electrons. The number of H-pyrrole nitrogens is 1. The summed E-state index contributed by atoms with van der Waals surface area (Å²) in [6, 6.07) is 5.60. The van der Waals surface area contributed by atoms with E-state index in [-0.39, 0.29) is 0 Å². The Morgan fingerprint density at radius 1 is 1.44 bits per heavy atom. The van der Waals surface area contributed by atoms with Crippen LogP contribution in [-0.2, 0) is 11.3 Å². The highest BCUT2D eigenvalue weighted by Gasteiger charge is 2.03. The number of aromatic amines is 1. The Labute approximate surface area is 98.1 Å². The smallest absolute Gasteiger partial charge is 0.175 e. The summed E-state index contributed by atoms with van der Waals surface area (Å²) >= 11 is 5.21. The Bertz CT molecular complexity index is 528. The van der Waals surface area contributed by atoms with Gasteiger partial charge < -0.3 is 4.74 Å². The van der Waals surface area contributed by atoms with Crippen molar-refractivity contribution >= 4 is 12.2 Å². The van der Waals surface area contributed by atoms with Crippen molar-refractivity contribution in [1.29, 1.82) is 0 Å². The molecule has 0 aliphatic carbocycles. The van der Waals surface area contributed by atoms with Crippen LogP contribution in [0.2, 0.25) is 0 Å². The zero-order valence-electron chi connectivity index (χ0n) is 9.10. The topological polar surface area (TPSA) is 55.7 Å². The molecule has 0 saturated heterocycles. The fourth-order valence-corrected chi connectivity index (χ4v) is 1.64. The molecular formula is C10H12N4OS. The normalized spacial score (nSPS) is 10.6. The fraction of sp³-hybridized carbons (Fsp3) is 0.300. The first-order valence-electron chi connectivity index (χ1n) is 4.81. The number of hydrogen-bond acceptors (Lipinski definition) is 4. The maximum absolute atomic E-state index is 5.21. The van der Waals surface area contributed by atoms with Crippen LogP contribution in [0.25, 0.3) is 5.82 Å². The standard InChI is InChI=1S/C10H12N4OS/c1-7-3-4-9(12-11-7)14-10(16)5-8(13-14)6-15-2/h3-5,13H,6H2,1-2H3. The van der Waals surface area contributed by atoms with E-state index >= 15 is 0 Å². The molecule has 1 N–H and O–H groups in total. The number of rotatable bonds is 3. The number of aryl methyl sites for hydroxylation is 1. The minimum Gasteiger partial charge on any atom is -0.378 e. The molecule has 0 aromatic carbocycles. The molecule has 0 aliphatic heterocycles. The second kappa shape index (κ2) is 4.54. The van der Waals surface area contributed by atoms with Crippen LogP contribution in [0.4, 0.5) is 0 Å². The lowest BCUT2D eigenvalue weighted by Gasteiger charge is -2.01. The average molecular weight is 236 g/mol. The molecule has 16 heavy (non-hydrogen) atoms. The maximum atomic E-state index is 5.21. The molecular weight excluding hydrogens is 224 g/mol. The van der Waals surface area contributed by atoms with Crippen LogP contribution in [-0.4, -0.2) is 27.1 Å². The van der Waals surface area contributed by atoms with Crippen molar-refractivity contribution in [1.82, 2.24) is 20.0 Å². The van der Waals surface area contributed by atoms with E-state index in [1.54, 1.807) is 11.8 Å². The Morgan fingerprint density at radius 3 is 2.88 bits per heavy atom. The minimum atomic E-state index is 0.496. The molecule has 0 bridgehead atoms. The van der Waals surface area contributed by atoms with Gasteiger partial charge in [-0.1, -0.05) is 12.2 Å². The number of nitrogens with zero attached hydrogens (tertiary/aromatic N) is 3. The van der Waals surface area contributed by atoms with E-state index in [9.17, 15) is 0 Å². The summed E-state index contributed by atoms with van der Waals surface area (Å²) in [5.41, 5.74) is 1.79. The Kier molecular flexibility index (Phi) is 3.12. The van der Waals surface area contributed by atoms with Crippen molar-refractivity contribution in [3.05, 3.63) is 34.2 Å². The van der Waals surface area contributed by atoms with Gasteiger partial charge >= 0.3 is 0 Å². The van der Waals surface area contributed by atoms with E-state index in [4.69, 9.17) is 17.0 Å². The van der Waals surface area contributed by atoms with Crippen LogP contribution in [0.5, 0.6) is 0 Å². The van der Waals surface area contributed by atoms with Crippen molar-refractivity contribution in [2.24, 2.45) is 0 Å². The third-order valence-electron chi connectivity index (χ3n) is 2.09. The molecule has 0 atom stereocenters. The highest BCUT2D eigenvalue weighted by molar-refractivity contribution is 7.71. The summed E-state index contributed by atoms with van der Waals surface area (Å²) in [7, 11) is 1.64. The summed E-state index contributed by atoms with van der Waals surface area (Å²) < 4.78 is 7.39. The van der Waals surface area contributed by atoms with Crippen molar-refractivity contribution < 1.29 is 4.74 Å². The fourth-order valence-electron chi connectivity index (χ4n) is 1.36. The maximum Gasteiger partial charge on any atom is 0.175 e. The molecule has 6 heteroatoms. The van der Waals surface area contributed by atoms with Crippen LogP contribution in [0, 0.1) is 11.6 Å². The van der Waals surface area contributed by atoms with E-state index in [2.05, 4.69) is 15.3 Å². The minimum absolute atomic E-state index is 0.496.